The van der Waals surface area contributed by atoms with Gasteiger partial charge in [0.15, 0.2) is 21.7 Å². The normalized spacial score (nSPS) is 10.8. The molecule has 3 N–H and O–H groups in total. The van der Waals surface area contributed by atoms with Gasteiger partial charge in [-0.15, -0.1) is 70.5 Å². The molecule has 4 rings (SSSR count). The second-order valence-corrected chi connectivity index (χ2v) is 18.2. The van der Waals surface area contributed by atoms with Crippen LogP contribution in [0.3, 0.4) is 0 Å². The second-order valence-electron chi connectivity index (χ2n) is 8.21. The first-order valence-corrected chi connectivity index (χ1v) is 18.9. The summed E-state index contributed by atoms with van der Waals surface area (Å²) in [6.07, 6.45) is -4.12. The number of aromatic nitrogens is 6. The van der Waals surface area contributed by atoms with Crippen LogP contribution in [-0.4, -0.2) is 50.6 Å². The van der Waals surface area contributed by atoms with Gasteiger partial charge in [0.05, 0.1) is 34.9 Å². The number of thioether (sulfide) groups is 2. The van der Waals surface area contributed by atoms with E-state index in [0.29, 0.717) is 28.5 Å². The van der Waals surface area contributed by atoms with Crippen LogP contribution in [0.25, 0.3) is 0 Å². The number of alkyl halides is 8. The number of methoxy groups -OCH3 is 1. The van der Waals surface area contributed by atoms with Crippen LogP contribution in [0.15, 0.2) is 56.8 Å². The summed E-state index contributed by atoms with van der Waals surface area (Å²) in [5.41, 5.74) is -3.48. The van der Waals surface area contributed by atoms with Crippen molar-refractivity contribution in [1.29, 1.82) is 0 Å². The van der Waals surface area contributed by atoms with Crippen molar-refractivity contribution < 1.29 is 36.2 Å². The fourth-order valence-electron chi connectivity index (χ4n) is 2.93. The Morgan fingerprint density at radius 3 is 1.56 bits per heavy atom. The van der Waals surface area contributed by atoms with Gasteiger partial charge in [-0.2, -0.15) is 26.3 Å². The molecule has 0 radical (unpaired) electrons. The van der Waals surface area contributed by atoms with Gasteiger partial charge in [-0.1, -0.05) is 46.7 Å². The molecule has 0 aromatic carbocycles. The Balaban J connectivity index is 0.000000422. The van der Waals surface area contributed by atoms with Crippen LogP contribution in [0.1, 0.15) is 22.5 Å². The van der Waals surface area contributed by atoms with Crippen LogP contribution in [0, 0.1) is 0 Å². The Morgan fingerprint density at radius 1 is 0.800 bits per heavy atom. The van der Waals surface area contributed by atoms with Crippen molar-refractivity contribution in [2.45, 2.75) is 34.2 Å². The summed E-state index contributed by atoms with van der Waals surface area (Å²) < 4.78 is 80.9. The van der Waals surface area contributed by atoms with Crippen LogP contribution < -0.4 is 15.9 Å². The lowest BCUT2D eigenvalue weighted by Crippen LogP contribution is -2.16. The number of aromatic amines is 2. The van der Waals surface area contributed by atoms with E-state index in [1.54, 1.807) is 0 Å². The molecule has 4 heterocycles. The fraction of sp³-hybridized carbons (Fsp3) is 0.250. The predicted molar refractivity (Wildman–Crippen MR) is 195 cm³/mol. The zero-order valence-electron chi connectivity index (χ0n) is 24.4. The number of nitrogens with one attached hydrogen (secondary N) is 2. The molecule has 0 unspecified atom stereocenters. The molecule has 0 aliphatic carbocycles. The SMILES string of the molecule is BrB(Br)Br.COc1cncc(Cl)c1CSc1nc(C(F)(F)F)cc(=O)[nH]1.ClCCl.O=c1cc(C(F)(F)F)nc(SCc2c(O)cncc2Cl)[nH]1. The average molecular weight is 1020 g/mol. The molecule has 26 heteroatoms. The van der Waals surface area contributed by atoms with E-state index in [0.717, 1.165) is 29.7 Å². The molecular formula is C24H18BBr3Cl4F6N6O4S2. The fourth-order valence-corrected chi connectivity index (χ4v) is 5.36. The molecule has 50 heavy (non-hydrogen) atoms. The highest BCUT2D eigenvalue weighted by atomic mass is 79.9. The van der Waals surface area contributed by atoms with Gasteiger partial charge in [0.25, 0.3) is 11.1 Å². The molecule has 274 valence electrons. The van der Waals surface area contributed by atoms with Crippen LogP contribution in [0.5, 0.6) is 11.5 Å². The number of pyridine rings is 2. The van der Waals surface area contributed by atoms with E-state index >= 15 is 0 Å². The lowest BCUT2D eigenvalue weighted by Gasteiger charge is -2.10. The minimum atomic E-state index is -4.71. The van der Waals surface area contributed by atoms with Crippen molar-refractivity contribution in [3.05, 3.63) is 90.2 Å². The van der Waals surface area contributed by atoms with Crippen LogP contribution in [0.2, 0.25) is 10.0 Å². The van der Waals surface area contributed by atoms with Gasteiger partial charge in [0.2, 0.25) is 0 Å². The molecular weight excluding hydrogens is 1010 g/mol. The van der Waals surface area contributed by atoms with E-state index in [1.165, 1.54) is 25.7 Å². The number of halogens is 13. The lowest BCUT2D eigenvalue weighted by atomic mass is 10.3. The summed E-state index contributed by atoms with van der Waals surface area (Å²) in [5, 5.41) is 9.86. The Hall–Kier alpha value is -1.40. The van der Waals surface area contributed by atoms with E-state index in [2.05, 4.69) is 77.2 Å². The van der Waals surface area contributed by atoms with Crippen LogP contribution in [0.4, 0.5) is 26.3 Å². The number of ether oxygens (including phenoxy) is 1. The zero-order valence-corrected chi connectivity index (χ0v) is 33.8. The lowest BCUT2D eigenvalue weighted by molar-refractivity contribution is -0.142. The number of H-pyrrole nitrogens is 2. The Labute approximate surface area is 332 Å². The first kappa shape index (κ1) is 46.6. The summed E-state index contributed by atoms with van der Waals surface area (Å²) in [5.74, 6) is 0.394. The van der Waals surface area contributed by atoms with Gasteiger partial charge in [0.1, 0.15) is 11.5 Å². The van der Waals surface area contributed by atoms with Crippen molar-refractivity contribution in [3.8, 4) is 11.5 Å². The van der Waals surface area contributed by atoms with E-state index in [1.807, 2.05) is 0 Å². The highest BCUT2D eigenvalue weighted by molar-refractivity contribution is 9.69. The summed E-state index contributed by atoms with van der Waals surface area (Å²) in [7, 11) is 1.42. The Kier molecular flexibility index (Phi) is 21.1. The molecule has 0 atom stereocenters. The number of hydrogen-bond acceptors (Lipinski definition) is 10. The first-order chi connectivity index (χ1) is 23.2. The molecule has 10 nitrogen and oxygen atoms in total. The minimum Gasteiger partial charge on any atom is -0.506 e. The Morgan fingerprint density at radius 2 is 1.18 bits per heavy atom. The largest absolute Gasteiger partial charge is 0.506 e. The van der Waals surface area contributed by atoms with Gasteiger partial charge in [-0.3, -0.25) is 19.6 Å². The maximum absolute atomic E-state index is 12.6. The van der Waals surface area contributed by atoms with Gasteiger partial charge < -0.3 is 19.8 Å². The highest BCUT2D eigenvalue weighted by Gasteiger charge is 2.34. The molecule has 0 saturated heterocycles. The number of aromatic hydroxyl groups is 1. The van der Waals surface area contributed by atoms with Crippen molar-refractivity contribution in [3.63, 3.8) is 0 Å². The zero-order chi connectivity index (χ0) is 38.2. The van der Waals surface area contributed by atoms with Gasteiger partial charge in [-0.05, 0) is 0 Å². The quantitative estimate of drug-likeness (QED) is 0.0538. The molecule has 0 aliphatic rings. The summed E-state index contributed by atoms with van der Waals surface area (Å²) in [4.78, 5) is 41.1. The average Bonchev–Trinajstić information content (AvgIpc) is 2.99. The third-order valence-corrected chi connectivity index (χ3v) is 7.35. The summed E-state index contributed by atoms with van der Waals surface area (Å²) in [6, 6.07) is 0.783. The maximum Gasteiger partial charge on any atom is 0.433 e. The first-order valence-electron chi connectivity index (χ1n) is 12.4. The Bertz CT molecular complexity index is 1780. The molecule has 4 aromatic heterocycles. The third kappa shape index (κ3) is 17.4. The monoisotopic (exact) mass is 1020 g/mol. The summed E-state index contributed by atoms with van der Waals surface area (Å²) >= 11 is 32.4. The molecule has 0 saturated carbocycles. The van der Waals surface area contributed by atoms with E-state index in [-0.39, 0.29) is 46.7 Å². The highest BCUT2D eigenvalue weighted by Crippen LogP contribution is 2.33. The third-order valence-electron chi connectivity index (χ3n) is 4.89. The van der Waals surface area contributed by atoms with Gasteiger partial charge >= 0.3 is 15.5 Å². The second kappa shape index (κ2) is 22.6. The van der Waals surface area contributed by atoms with Crippen molar-refractivity contribution in [2.24, 2.45) is 0 Å². The van der Waals surface area contributed by atoms with E-state index in [9.17, 15) is 41.0 Å². The smallest absolute Gasteiger partial charge is 0.433 e. The van der Waals surface area contributed by atoms with Crippen molar-refractivity contribution in [2.75, 3.05) is 12.4 Å². The van der Waals surface area contributed by atoms with E-state index in [4.69, 9.17) is 51.1 Å². The molecule has 0 aliphatic heterocycles. The van der Waals surface area contributed by atoms with Gasteiger partial charge in [-0.25, -0.2) is 9.97 Å². The van der Waals surface area contributed by atoms with E-state index < -0.39 is 34.9 Å². The minimum absolute atomic E-state index is 0.0252. The summed E-state index contributed by atoms with van der Waals surface area (Å²) in [6.45, 7) is 0. The maximum atomic E-state index is 12.6. The van der Waals surface area contributed by atoms with Crippen molar-refractivity contribution >= 4 is 120 Å². The molecule has 0 fully saturated rings. The predicted octanol–water partition coefficient (Wildman–Crippen LogP) is 9.55. The van der Waals surface area contributed by atoms with Gasteiger partial charge in [0, 0.05) is 47.2 Å². The molecule has 0 bridgehead atoms. The topological polar surface area (TPSA) is 147 Å². The van der Waals surface area contributed by atoms with Crippen LogP contribution >= 0.6 is 117 Å². The van der Waals surface area contributed by atoms with Crippen molar-refractivity contribution in [1.82, 2.24) is 29.9 Å². The number of nitrogens with zero attached hydrogens (tertiary/aromatic N) is 4. The van der Waals surface area contributed by atoms with Crippen LogP contribution in [-0.2, 0) is 23.9 Å². The number of hydrogen-bond donors (Lipinski definition) is 3. The molecule has 0 spiro atoms. The molecule has 4 aromatic rings. The number of rotatable bonds is 7. The standard InChI is InChI=1S/C12H9ClF3N3O2S.C11H7ClF3N3O2S.CH2Cl2.BBr3/c1-21-8-4-17-3-7(13)6(8)5-22-11-18-9(12(14,15)16)2-10(20)19-11;12-6-2-16-3-7(19)5(6)4-21-10-17-8(11(13,14)15)1-9(20)18-10;2-1-3;2-1(3)4/h2-4H,5H2,1H3,(H,18,19,20);1-3,19H,4H2,(H,17,18,20);1H2;. The molecule has 0 amide bonds.